The van der Waals surface area contributed by atoms with Crippen LogP contribution >= 0.6 is 0 Å². The summed E-state index contributed by atoms with van der Waals surface area (Å²) in [7, 11) is 0. The minimum atomic E-state index is 0.467. The normalized spacial score (nSPS) is 23.3. The second-order valence-electron chi connectivity index (χ2n) is 3.66. The third-order valence-corrected chi connectivity index (χ3v) is 2.68. The van der Waals surface area contributed by atoms with Gasteiger partial charge in [-0.15, -0.1) is 0 Å². The predicted molar refractivity (Wildman–Crippen MR) is 52.7 cm³/mol. The molecule has 0 bridgehead atoms. The van der Waals surface area contributed by atoms with Crippen LogP contribution in [0.25, 0.3) is 0 Å². The van der Waals surface area contributed by atoms with Crippen molar-refractivity contribution in [2.45, 2.75) is 38.6 Å². The second-order valence-corrected chi connectivity index (χ2v) is 3.66. The van der Waals surface area contributed by atoms with Crippen LogP contribution in [0.15, 0.2) is 16.5 Å². The summed E-state index contributed by atoms with van der Waals surface area (Å²) >= 11 is 0. The molecule has 1 aromatic rings. The van der Waals surface area contributed by atoms with E-state index in [1.165, 1.54) is 19.3 Å². The van der Waals surface area contributed by atoms with Gasteiger partial charge in [0, 0.05) is 6.42 Å². The van der Waals surface area contributed by atoms with E-state index in [-0.39, 0.29) is 0 Å². The first-order valence-electron chi connectivity index (χ1n) is 5.22. The quantitative estimate of drug-likeness (QED) is 0.755. The van der Waals surface area contributed by atoms with Gasteiger partial charge in [-0.3, -0.25) is 0 Å². The fraction of sp³-hybridized carbons (Fsp3) is 0.636. The summed E-state index contributed by atoms with van der Waals surface area (Å²) < 4.78 is 5.71. The number of nitrogens with one attached hydrogen (secondary N) is 1. The van der Waals surface area contributed by atoms with Crippen LogP contribution in [0.4, 0.5) is 0 Å². The molecule has 0 amide bonds. The number of furan rings is 1. The molecule has 0 aromatic carbocycles. The van der Waals surface area contributed by atoms with Crippen LogP contribution in [0, 0.1) is 0 Å². The fourth-order valence-corrected chi connectivity index (χ4v) is 1.87. The van der Waals surface area contributed by atoms with E-state index >= 15 is 0 Å². The van der Waals surface area contributed by atoms with Crippen LogP contribution < -0.4 is 5.32 Å². The van der Waals surface area contributed by atoms with E-state index in [0.717, 1.165) is 24.5 Å². The van der Waals surface area contributed by atoms with Crippen molar-refractivity contribution >= 4 is 0 Å². The zero-order chi connectivity index (χ0) is 9.10. The molecule has 0 aliphatic carbocycles. The Kier molecular flexibility index (Phi) is 2.69. The Labute approximate surface area is 79.3 Å². The summed E-state index contributed by atoms with van der Waals surface area (Å²) in [5.41, 5.74) is 0. The van der Waals surface area contributed by atoms with E-state index in [1.54, 1.807) is 0 Å². The van der Waals surface area contributed by atoms with Crippen molar-refractivity contribution in [2.24, 2.45) is 0 Å². The molecule has 72 valence electrons. The van der Waals surface area contributed by atoms with Gasteiger partial charge in [0.15, 0.2) is 0 Å². The van der Waals surface area contributed by atoms with Gasteiger partial charge in [-0.25, -0.2) is 0 Å². The molecule has 1 atom stereocenters. The van der Waals surface area contributed by atoms with Gasteiger partial charge in [0.2, 0.25) is 0 Å². The number of hydrogen-bond acceptors (Lipinski definition) is 2. The van der Waals surface area contributed by atoms with Crippen molar-refractivity contribution in [3.05, 3.63) is 23.7 Å². The smallest absolute Gasteiger partial charge is 0.121 e. The van der Waals surface area contributed by atoms with Gasteiger partial charge < -0.3 is 9.73 Å². The molecule has 1 aliphatic rings. The molecule has 1 aliphatic heterocycles. The van der Waals surface area contributed by atoms with Crippen LogP contribution in [0.2, 0.25) is 0 Å². The highest BCUT2D eigenvalue weighted by Crippen LogP contribution is 2.24. The third-order valence-electron chi connectivity index (χ3n) is 2.68. The van der Waals surface area contributed by atoms with E-state index < -0.39 is 0 Å². The highest BCUT2D eigenvalue weighted by atomic mass is 16.3. The van der Waals surface area contributed by atoms with Crippen molar-refractivity contribution in [3.8, 4) is 0 Å². The maximum Gasteiger partial charge on any atom is 0.121 e. The first-order chi connectivity index (χ1) is 6.40. The number of hydrogen-bond donors (Lipinski definition) is 1. The van der Waals surface area contributed by atoms with Crippen molar-refractivity contribution < 1.29 is 4.42 Å². The Hall–Kier alpha value is -0.760. The summed E-state index contributed by atoms with van der Waals surface area (Å²) in [6.45, 7) is 3.25. The molecule has 13 heavy (non-hydrogen) atoms. The van der Waals surface area contributed by atoms with Crippen LogP contribution in [0.1, 0.15) is 43.7 Å². The molecule has 0 saturated carbocycles. The van der Waals surface area contributed by atoms with E-state index in [0.29, 0.717) is 6.04 Å². The van der Waals surface area contributed by atoms with Gasteiger partial charge in [0.05, 0.1) is 6.04 Å². The summed E-state index contributed by atoms with van der Waals surface area (Å²) in [4.78, 5) is 0. The Balaban J connectivity index is 2.05. The third kappa shape index (κ3) is 1.94. The summed E-state index contributed by atoms with van der Waals surface area (Å²) in [6.07, 6.45) is 4.83. The molecule has 2 nitrogen and oxygen atoms in total. The fourth-order valence-electron chi connectivity index (χ4n) is 1.87. The van der Waals surface area contributed by atoms with Crippen molar-refractivity contribution in [3.63, 3.8) is 0 Å². The molecule has 0 spiro atoms. The molecule has 1 fully saturated rings. The molecule has 2 rings (SSSR count). The van der Waals surface area contributed by atoms with Crippen molar-refractivity contribution in [2.75, 3.05) is 6.54 Å². The minimum Gasteiger partial charge on any atom is -0.464 e. The maximum absolute atomic E-state index is 5.71. The van der Waals surface area contributed by atoms with Crippen LogP contribution in [0.3, 0.4) is 0 Å². The van der Waals surface area contributed by atoms with Gasteiger partial charge in [-0.1, -0.05) is 13.3 Å². The SMILES string of the molecule is CCc1ccc(C2CCCCN2)o1. The zero-order valence-corrected chi connectivity index (χ0v) is 8.18. The van der Waals surface area contributed by atoms with E-state index in [9.17, 15) is 0 Å². The standard InChI is InChI=1S/C11H17NO/c1-2-9-6-7-11(13-9)10-5-3-4-8-12-10/h6-7,10,12H,2-5,8H2,1H3. The zero-order valence-electron chi connectivity index (χ0n) is 8.18. The highest BCUT2D eigenvalue weighted by molar-refractivity contribution is 5.11. The summed E-state index contributed by atoms with van der Waals surface area (Å²) in [5, 5.41) is 3.48. The van der Waals surface area contributed by atoms with Crippen molar-refractivity contribution in [1.82, 2.24) is 5.32 Å². The lowest BCUT2D eigenvalue weighted by molar-refractivity contribution is 0.340. The topological polar surface area (TPSA) is 25.2 Å². The molecule has 0 radical (unpaired) electrons. The van der Waals surface area contributed by atoms with Gasteiger partial charge >= 0.3 is 0 Å². The molecule has 1 aromatic heterocycles. The Morgan fingerprint density at radius 3 is 3.00 bits per heavy atom. The molecule has 2 heterocycles. The number of piperidine rings is 1. The predicted octanol–water partition coefficient (Wildman–Crippen LogP) is 2.66. The first-order valence-corrected chi connectivity index (χ1v) is 5.22. The van der Waals surface area contributed by atoms with Gasteiger partial charge in [-0.2, -0.15) is 0 Å². The lowest BCUT2D eigenvalue weighted by Crippen LogP contribution is -2.26. The molecular formula is C11H17NO. The number of aryl methyl sites for hydroxylation is 1. The Bertz CT molecular complexity index is 261. The Morgan fingerprint density at radius 1 is 1.46 bits per heavy atom. The largest absolute Gasteiger partial charge is 0.464 e. The highest BCUT2D eigenvalue weighted by Gasteiger charge is 2.17. The van der Waals surface area contributed by atoms with E-state index in [4.69, 9.17) is 4.42 Å². The molecule has 1 saturated heterocycles. The molecule has 2 heteroatoms. The monoisotopic (exact) mass is 179 g/mol. The van der Waals surface area contributed by atoms with E-state index in [1.807, 2.05) is 0 Å². The average Bonchev–Trinajstić information content (AvgIpc) is 2.67. The van der Waals surface area contributed by atoms with Crippen LogP contribution in [-0.2, 0) is 6.42 Å². The maximum atomic E-state index is 5.71. The molecular weight excluding hydrogens is 162 g/mol. The van der Waals surface area contributed by atoms with Crippen molar-refractivity contribution in [1.29, 1.82) is 0 Å². The number of rotatable bonds is 2. The van der Waals surface area contributed by atoms with Gasteiger partial charge in [0.1, 0.15) is 11.5 Å². The Morgan fingerprint density at radius 2 is 2.38 bits per heavy atom. The van der Waals surface area contributed by atoms with Gasteiger partial charge in [-0.05, 0) is 31.5 Å². The van der Waals surface area contributed by atoms with E-state index in [2.05, 4.69) is 24.4 Å². The minimum absolute atomic E-state index is 0.467. The lowest BCUT2D eigenvalue weighted by Gasteiger charge is -2.21. The summed E-state index contributed by atoms with van der Waals surface area (Å²) in [6, 6.07) is 4.67. The lowest BCUT2D eigenvalue weighted by atomic mass is 10.0. The molecule has 1 N–H and O–H groups in total. The second kappa shape index (κ2) is 3.97. The molecule has 1 unspecified atom stereocenters. The van der Waals surface area contributed by atoms with Gasteiger partial charge in [0.25, 0.3) is 0 Å². The average molecular weight is 179 g/mol. The summed E-state index contributed by atoms with van der Waals surface area (Å²) in [5.74, 6) is 2.22. The van der Waals surface area contributed by atoms with Crippen LogP contribution in [-0.4, -0.2) is 6.54 Å². The first kappa shape index (κ1) is 8.82. The van der Waals surface area contributed by atoms with Crippen LogP contribution in [0.5, 0.6) is 0 Å².